The summed E-state index contributed by atoms with van der Waals surface area (Å²) in [6.07, 6.45) is 2.26. The van der Waals surface area contributed by atoms with Crippen molar-refractivity contribution >= 4 is 38.3 Å². The quantitative estimate of drug-likeness (QED) is 0.407. The molecule has 1 heterocycles. The number of Topliss-reactive ketones (excluding diaryl/α,β-unsaturated/α-hetero) is 1. The molecule has 0 aliphatic rings. The highest BCUT2D eigenvalue weighted by Gasteiger charge is 2.20. The molecule has 0 aliphatic carbocycles. The number of carbonyl (C=O) groups is 1. The van der Waals surface area contributed by atoms with Crippen molar-refractivity contribution in [3.8, 4) is 0 Å². The van der Waals surface area contributed by atoms with Crippen molar-refractivity contribution in [3.05, 3.63) is 40.1 Å². The Kier molecular flexibility index (Phi) is 3.47. The molecule has 2 rings (SSSR count). The SMILES string of the molecule is CCC(Br)C(=O)c1c[nH]c2ccc([N+](=O)[O-])cc12. The van der Waals surface area contributed by atoms with Crippen molar-refractivity contribution in [2.24, 2.45) is 0 Å². The molecule has 1 atom stereocenters. The molecule has 0 aliphatic heterocycles. The number of alkyl halides is 1. The molecular weight excluding hydrogens is 300 g/mol. The number of H-pyrrole nitrogens is 1. The number of nitrogens with one attached hydrogen (secondary N) is 1. The van der Waals surface area contributed by atoms with Crippen molar-refractivity contribution in [2.75, 3.05) is 0 Å². The molecule has 0 saturated heterocycles. The van der Waals surface area contributed by atoms with Crippen LogP contribution in [0.15, 0.2) is 24.4 Å². The number of aromatic amines is 1. The van der Waals surface area contributed by atoms with E-state index in [1.807, 2.05) is 6.92 Å². The highest BCUT2D eigenvalue weighted by Crippen LogP contribution is 2.26. The summed E-state index contributed by atoms with van der Waals surface area (Å²) in [7, 11) is 0. The Bertz CT molecular complexity index is 621. The van der Waals surface area contributed by atoms with Gasteiger partial charge < -0.3 is 4.98 Å². The van der Waals surface area contributed by atoms with Crippen molar-refractivity contribution < 1.29 is 9.72 Å². The molecule has 0 spiro atoms. The number of carbonyl (C=O) groups excluding carboxylic acids is 1. The van der Waals surface area contributed by atoms with Crippen LogP contribution in [0.1, 0.15) is 23.7 Å². The van der Waals surface area contributed by atoms with Crippen LogP contribution < -0.4 is 0 Å². The van der Waals surface area contributed by atoms with Crippen LogP contribution in [-0.2, 0) is 0 Å². The minimum absolute atomic E-state index is 0.0150. The molecule has 1 aromatic heterocycles. The zero-order valence-electron chi connectivity index (χ0n) is 9.64. The molecule has 0 radical (unpaired) electrons. The highest BCUT2D eigenvalue weighted by atomic mass is 79.9. The van der Waals surface area contributed by atoms with E-state index in [1.54, 1.807) is 12.3 Å². The number of aromatic nitrogens is 1. The predicted molar refractivity (Wildman–Crippen MR) is 72.3 cm³/mol. The van der Waals surface area contributed by atoms with Crippen LogP contribution in [-0.4, -0.2) is 20.5 Å². The van der Waals surface area contributed by atoms with Crippen LogP contribution in [0.3, 0.4) is 0 Å². The lowest BCUT2D eigenvalue weighted by Crippen LogP contribution is -2.12. The summed E-state index contributed by atoms with van der Waals surface area (Å²) < 4.78 is 0. The second-order valence-corrected chi connectivity index (χ2v) is 5.03. The molecule has 1 unspecified atom stereocenters. The lowest BCUT2D eigenvalue weighted by molar-refractivity contribution is -0.384. The van der Waals surface area contributed by atoms with E-state index in [-0.39, 0.29) is 16.3 Å². The van der Waals surface area contributed by atoms with Crippen LogP contribution in [0.25, 0.3) is 10.9 Å². The van der Waals surface area contributed by atoms with Gasteiger partial charge in [0, 0.05) is 34.8 Å². The van der Waals surface area contributed by atoms with Crippen LogP contribution in [0.5, 0.6) is 0 Å². The Balaban J connectivity index is 2.55. The number of nitro groups is 1. The van der Waals surface area contributed by atoms with E-state index in [9.17, 15) is 14.9 Å². The number of ketones is 1. The first-order chi connectivity index (χ1) is 8.54. The zero-order valence-corrected chi connectivity index (χ0v) is 11.2. The highest BCUT2D eigenvalue weighted by molar-refractivity contribution is 9.10. The summed E-state index contributed by atoms with van der Waals surface area (Å²) in [6.45, 7) is 1.90. The number of nitro benzene ring substituents is 1. The molecule has 1 aromatic carbocycles. The zero-order chi connectivity index (χ0) is 13.3. The van der Waals surface area contributed by atoms with Gasteiger partial charge in [0.05, 0.1) is 9.75 Å². The summed E-state index contributed by atoms with van der Waals surface area (Å²) in [5.41, 5.74) is 1.19. The van der Waals surface area contributed by atoms with Gasteiger partial charge in [0.1, 0.15) is 0 Å². The number of hydrogen-bond acceptors (Lipinski definition) is 3. The minimum Gasteiger partial charge on any atom is -0.360 e. The number of hydrogen-bond donors (Lipinski definition) is 1. The molecule has 0 fully saturated rings. The molecule has 6 heteroatoms. The summed E-state index contributed by atoms with van der Waals surface area (Å²) in [6, 6.07) is 4.45. The molecule has 0 amide bonds. The average Bonchev–Trinajstić information content (AvgIpc) is 2.79. The van der Waals surface area contributed by atoms with E-state index in [0.29, 0.717) is 17.4 Å². The Morgan fingerprint density at radius 2 is 2.28 bits per heavy atom. The first-order valence-electron chi connectivity index (χ1n) is 5.48. The fourth-order valence-corrected chi connectivity index (χ4v) is 2.03. The van der Waals surface area contributed by atoms with Gasteiger partial charge in [-0.3, -0.25) is 14.9 Å². The van der Waals surface area contributed by atoms with Gasteiger partial charge in [-0.25, -0.2) is 0 Å². The fraction of sp³-hybridized carbons (Fsp3) is 0.250. The topological polar surface area (TPSA) is 76.0 Å². The third-order valence-corrected chi connectivity index (χ3v) is 3.85. The monoisotopic (exact) mass is 310 g/mol. The molecule has 94 valence electrons. The van der Waals surface area contributed by atoms with Crippen molar-refractivity contribution in [1.29, 1.82) is 0 Å². The predicted octanol–water partition coefficient (Wildman–Crippen LogP) is 3.43. The van der Waals surface area contributed by atoms with Crippen molar-refractivity contribution in [3.63, 3.8) is 0 Å². The van der Waals surface area contributed by atoms with Gasteiger partial charge in [-0.1, -0.05) is 22.9 Å². The summed E-state index contributed by atoms with van der Waals surface area (Å²) in [5, 5.41) is 11.3. The van der Waals surface area contributed by atoms with E-state index in [2.05, 4.69) is 20.9 Å². The first kappa shape index (κ1) is 12.8. The Morgan fingerprint density at radius 1 is 1.56 bits per heavy atom. The minimum atomic E-state index is -0.466. The van der Waals surface area contributed by atoms with E-state index in [4.69, 9.17) is 0 Å². The largest absolute Gasteiger partial charge is 0.360 e. The van der Waals surface area contributed by atoms with E-state index < -0.39 is 4.92 Å². The Morgan fingerprint density at radius 3 is 2.89 bits per heavy atom. The summed E-state index contributed by atoms with van der Waals surface area (Å²) >= 11 is 3.30. The maximum atomic E-state index is 12.1. The third kappa shape index (κ3) is 2.15. The van der Waals surface area contributed by atoms with Crippen LogP contribution >= 0.6 is 15.9 Å². The van der Waals surface area contributed by atoms with Crippen LogP contribution in [0.2, 0.25) is 0 Å². The Hall–Kier alpha value is -1.69. The standard InChI is InChI=1S/C12H11BrN2O3/c1-2-10(13)12(16)9-6-14-11-4-3-7(15(17)18)5-8(9)11/h3-6,10,14H,2H2,1H3. The second-order valence-electron chi connectivity index (χ2n) is 3.93. The average molecular weight is 311 g/mol. The maximum Gasteiger partial charge on any atom is 0.270 e. The number of rotatable bonds is 4. The normalized spacial score (nSPS) is 12.6. The second kappa shape index (κ2) is 4.89. The van der Waals surface area contributed by atoms with Gasteiger partial charge in [-0.15, -0.1) is 0 Å². The van der Waals surface area contributed by atoms with Gasteiger partial charge >= 0.3 is 0 Å². The van der Waals surface area contributed by atoms with Crippen molar-refractivity contribution in [2.45, 2.75) is 18.2 Å². The molecule has 2 aromatic rings. The molecule has 1 N–H and O–H groups in total. The van der Waals surface area contributed by atoms with E-state index in [0.717, 1.165) is 5.52 Å². The molecule has 0 saturated carbocycles. The summed E-state index contributed by atoms with van der Waals surface area (Å²) in [5.74, 6) is -0.0655. The molecule has 18 heavy (non-hydrogen) atoms. The lowest BCUT2D eigenvalue weighted by Gasteiger charge is -2.04. The number of halogens is 1. The number of nitrogens with zero attached hydrogens (tertiary/aromatic N) is 1. The maximum absolute atomic E-state index is 12.1. The smallest absolute Gasteiger partial charge is 0.270 e. The van der Waals surface area contributed by atoms with Gasteiger partial charge in [-0.05, 0) is 12.5 Å². The molecule has 5 nitrogen and oxygen atoms in total. The van der Waals surface area contributed by atoms with Gasteiger partial charge in [0.2, 0.25) is 0 Å². The first-order valence-corrected chi connectivity index (χ1v) is 6.40. The van der Waals surface area contributed by atoms with Gasteiger partial charge in [-0.2, -0.15) is 0 Å². The van der Waals surface area contributed by atoms with E-state index in [1.165, 1.54) is 12.1 Å². The van der Waals surface area contributed by atoms with Gasteiger partial charge in [0.15, 0.2) is 5.78 Å². The van der Waals surface area contributed by atoms with Crippen LogP contribution in [0, 0.1) is 10.1 Å². The van der Waals surface area contributed by atoms with Crippen molar-refractivity contribution in [1.82, 2.24) is 4.98 Å². The summed E-state index contributed by atoms with van der Waals surface area (Å²) in [4.78, 5) is 25.1. The van der Waals surface area contributed by atoms with Gasteiger partial charge in [0.25, 0.3) is 5.69 Å². The third-order valence-electron chi connectivity index (χ3n) is 2.78. The molecular formula is C12H11BrN2O3. The van der Waals surface area contributed by atoms with E-state index >= 15 is 0 Å². The molecule has 0 bridgehead atoms. The lowest BCUT2D eigenvalue weighted by atomic mass is 10.1. The van der Waals surface area contributed by atoms with Crippen LogP contribution in [0.4, 0.5) is 5.69 Å². The Labute approximate surface area is 111 Å². The number of non-ortho nitro benzene ring substituents is 1. The number of fused-ring (bicyclic) bond motifs is 1. The fourth-order valence-electron chi connectivity index (χ4n) is 1.78. The number of benzene rings is 1.